The zero-order valence-corrected chi connectivity index (χ0v) is 47.3. The lowest BCUT2D eigenvalue weighted by Gasteiger charge is -2.37. The van der Waals surface area contributed by atoms with Gasteiger partial charge in [-0.2, -0.15) is 0 Å². The minimum Gasteiger partial charge on any atom is -0.355 e. The van der Waals surface area contributed by atoms with Crippen LogP contribution < -0.4 is 26.0 Å². The number of benzene rings is 13. The van der Waals surface area contributed by atoms with E-state index >= 15 is 0 Å². The Hall–Kier alpha value is -10.5. The van der Waals surface area contributed by atoms with E-state index in [4.69, 9.17) is 0 Å². The zero-order valence-electron chi connectivity index (χ0n) is 46.5. The Kier molecular flexibility index (Phi) is 13.1. The number of thiophene rings is 1. The maximum absolute atomic E-state index is 4.04. The van der Waals surface area contributed by atoms with Crippen molar-refractivity contribution in [3.05, 3.63) is 315 Å². The van der Waals surface area contributed by atoms with Crippen molar-refractivity contribution in [3.63, 3.8) is 0 Å². The second-order valence-electron chi connectivity index (χ2n) is 21.8. The molecule has 0 saturated carbocycles. The van der Waals surface area contributed by atoms with Crippen LogP contribution in [0.1, 0.15) is 5.56 Å². The molecule has 1 N–H and O–H groups in total. The first-order chi connectivity index (χ1) is 41.5. The minimum atomic E-state index is 0.692. The molecule has 84 heavy (non-hydrogen) atoms. The van der Waals surface area contributed by atoms with E-state index in [0.29, 0.717) is 7.28 Å². The topological polar surface area (TPSA) is 18.5 Å². The highest BCUT2D eigenvalue weighted by Gasteiger charge is 2.33. The lowest BCUT2D eigenvalue weighted by Crippen LogP contribution is -2.41. The molecule has 15 rings (SSSR count). The zero-order chi connectivity index (χ0) is 55.9. The van der Waals surface area contributed by atoms with Crippen LogP contribution in [0.25, 0.3) is 86.9 Å². The summed E-state index contributed by atoms with van der Waals surface area (Å²) in [6.07, 6.45) is 0. The second-order valence-corrected chi connectivity index (χ2v) is 22.9. The van der Waals surface area contributed by atoms with Gasteiger partial charge in [0.2, 0.25) is 0 Å². The van der Waals surface area contributed by atoms with Gasteiger partial charge in [0.25, 0.3) is 0 Å². The molecule has 1 aliphatic rings. The van der Waals surface area contributed by atoms with E-state index in [1.807, 2.05) is 11.3 Å². The van der Waals surface area contributed by atoms with Crippen LogP contribution in [0.15, 0.2) is 309 Å². The lowest BCUT2D eigenvalue weighted by molar-refractivity contribution is 1.25. The van der Waals surface area contributed by atoms with Crippen LogP contribution in [0, 0.1) is 6.92 Å². The van der Waals surface area contributed by atoms with E-state index in [-0.39, 0.29) is 0 Å². The average molecular weight is 1090 g/mol. The van der Waals surface area contributed by atoms with Gasteiger partial charge in [-0.3, -0.25) is 0 Å². The van der Waals surface area contributed by atoms with E-state index in [0.717, 1.165) is 50.8 Å². The SMILES string of the molecule is Cc1cc(-c2ccccc2)ccc1N1c2ccc(N(c3ccc(-c4ccccc4)cc3)c3ccc(-c4ccccc4)cc3)cc2Bc2c1cc1sc3ccccc3c1c2-c1cc(-c2ccccc2)ccc1Nc1cccc(-c2ccccc2)c1. The predicted molar refractivity (Wildman–Crippen MR) is 362 cm³/mol. The number of hydrogen-bond donors (Lipinski definition) is 1. The Morgan fingerprint density at radius 3 is 1.40 bits per heavy atom. The van der Waals surface area contributed by atoms with Gasteiger partial charge in [0, 0.05) is 71.2 Å². The van der Waals surface area contributed by atoms with Crippen molar-refractivity contribution in [3.8, 4) is 66.8 Å². The largest absolute Gasteiger partial charge is 0.355 e. The average Bonchev–Trinajstić information content (AvgIpc) is 1.50. The fraction of sp³-hybridized carbons (Fsp3) is 0.0127. The molecule has 0 atom stereocenters. The highest BCUT2D eigenvalue weighted by molar-refractivity contribution is 7.26. The molecule has 2 heterocycles. The molecule has 5 heteroatoms. The molecular weight excluding hydrogens is 1030 g/mol. The quantitative estimate of drug-likeness (QED) is 0.123. The third kappa shape index (κ3) is 9.50. The fourth-order valence-electron chi connectivity index (χ4n) is 12.5. The highest BCUT2D eigenvalue weighted by Crippen LogP contribution is 2.49. The summed E-state index contributed by atoms with van der Waals surface area (Å²) in [4.78, 5) is 5.00. The van der Waals surface area contributed by atoms with Crippen molar-refractivity contribution in [1.29, 1.82) is 0 Å². The summed E-state index contributed by atoms with van der Waals surface area (Å²) in [5, 5.41) is 6.57. The predicted octanol–water partition coefficient (Wildman–Crippen LogP) is 20.7. The first kappa shape index (κ1) is 50.5. The lowest BCUT2D eigenvalue weighted by atomic mass is 9.57. The number of anilines is 8. The molecule has 0 fully saturated rings. The standard InChI is InChI=1S/C79H56BN3S/c1-53-48-62(57-26-13-5-14-27-57)39-46-72(53)83-73-47-44-67(82(65-40-34-59(35-41-65)54-20-7-2-8-21-54)66-42-36-60(37-43-66)55-22-9-3-10-23-55)51-70(73)80-79-74(83)52-76-77(68-32-17-18-33-75(68)84-76)78(79)69-50-63(58-28-15-6-16-29-58)38-45-71(69)81-64-31-19-30-61(49-64)56-24-11-4-12-25-56/h2-52,80-81H,1H3. The minimum absolute atomic E-state index is 0.692. The molecule has 14 aromatic rings. The Labute approximate surface area is 495 Å². The van der Waals surface area contributed by atoms with Crippen LogP contribution in [0.2, 0.25) is 0 Å². The van der Waals surface area contributed by atoms with Crippen molar-refractivity contribution in [2.45, 2.75) is 6.92 Å². The van der Waals surface area contributed by atoms with E-state index < -0.39 is 0 Å². The summed E-state index contributed by atoms with van der Waals surface area (Å²) in [5.74, 6) is 0. The normalized spacial score (nSPS) is 11.7. The van der Waals surface area contributed by atoms with E-state index in [9.17, 15) is 0 Å². The molecule has 0 aliphatic carbocycles. The monoisotopic (exact) mass is 1090 g/mol. The van der Waals surface area contributed by atoms with Crippen LogP contribution in [0.3, 0.4) is 0 Å². The number of nitrogens with zero attached hydrogens (tertiary/aromatic N) is 2. The van der Waals surface area contributed by atoms with Gasteiger partial charge in [-0.15, -0.1) is 11.3 Å². The molecule has 13 aromatic carbocycles. The van der Waals surface area contributed by atoms with E-state index in [1.54, 1.807) is 0 Å². The Balaban J connectivity index is 0.967. The molecule has 0 spiro atoms. The van der Waals surface area contributed by atoms with Gasteiger partial charge in [-0.1, -0.05) is 224 Å². The van der Waals surface area contributed by atoms with Crippen LogP contribution in [0.4, 0.5) is 45.5 Å². The second kappa shape index (κ2) is 21.8. The summed E-state index contributed by atoms with van der Waals surface area (Å²) in [5.41, 5.74) is 26.8. The third-order valence-electron chi connectivity index (χ3n) is 16.6. The van der Waals surface area contributed by atoms with Gasteiger partial charge in [0.15, 0.2) is 7.28 Å². The van der Waals surface area contributed by atoms with Crippen molar-refractivity contribution in [2.75, 3.05) is 15.1 Å². The third-order valence-corrected chi connectivity index (χ3v) is 17.7. The van der Waals surface area contributed by atoms with Gasteiger partial charge in [0.05, 0.1) is 0 Å². The van der Waals surface area contributed by atoms with Gasteiger partial charge in [-0.05, 0) is 170 Å². The van der Waals surface area contributed by atoms with Crippen LogP contribution in [-0.4, -0.2) is 7.28 Å². The molecule has 0 amide bonds. The first-order valence-corrected chi connectivity index (χ1v) is 29.7. The van der Waals surface area contributed by atoms with Crippen LogP contribution in [0.5, 0.6) is 0 Å². The van der Waals surface area contributed by atoms with Crippen molar-refractivity contribution in [2.24, 2.45) is 0 Å². The highest BCUT2D eigenvalue weighted by atomic mass is 32.1. The summed E-state index contributed by atoms with van der Waals surface area (Å²) in [6.45, 7) is 2.28. The maximum Gasteiger partial charge on any atom is 0.198 e. The summed E-state index contributed by atoms with van der Waals surface area (Å²) < 4.78 is 2.52. The smallest absolute Gasteiger partial charge is 0.198 e. The maximum atomic E-state index is 4.04. The Bertz CT molecular complexity index is 4620. The number of rotatable bonds is 12. The van der Waals surface area contributed by atoms with Crippen molar-refractivity contribution in [1.82, 2.24) is 0 Å². The Morgan fingerprint density at radius 2 is 0.821 bits per heavy atom. The Morgan fingerprint density at radius 1 is 0.357 bits per heavy atom. The van der Waals surface area contributed by atoms with Gasteiger partial charge in [0.1, 0.15) is 0 Å². The summed E-state index contributed by atoms with van der Waals surface area (Å²) in [7, 11) is 0.692. The first-order valence-electron chi connectivity index (χ1n) is 28.8. The van der Waals surface area contributed by atoms with Gasteiger partial charge in [-0.25, -0.2) is 0 Å². The molecular formula is C79H56BN3S. The molecule has 1 aromatic heterocycles. The molecule has 3 nitrogen and oxygen atoms in total. The van der Waals surface area contributed by atoms with E-state index in [2.05, 4.69) is 331 Å². The molecule has 0 unspecified atom stereocenters. The summed E-state index contributed by atoms with van der Waals surface area (Å²) in [6, 6.07) is 113. The molecule has 1 aliphatic heterocycles. The van der Waals surface area contributed by atoms with Crippen molar-refractivity contribution >= 4 is 95.2 Å². The van der Waals surface area contributed by atoms with Crippen LogP contribution >= 0.6 is 11.3 Å². The van der Waals surface area contributed by atoms with Crippen molar-refractivity contribution < 1.29 is 0 Å². The number of aryl methyl sites for hydroxylation is 1. The molecule has 396 valence electrons. The molecule has 0 bridgehead atoms. The number of hydrogen-bond acceptors (Lipinski definition) is 4. The fourth-order valence-corrected chi connectivity index (χ4v) is 13.7. The van der Waals surface area contributed by atoms with E-state index in [1.165, 1.54) is 98.1 Å². The molecule has 0 radical (unpaired) electrons. The van der Waals surface area contributed by atoms with Gasteiger partial charge >= 0.3 is 0 Å². The number of fused-ring (bicyclic) bond motifs is 5. The molecule has 0 saturated heterocycles. The van der Waals surface area contributed by atoms with Gasteiger partial charge < -0.3 is 15.1 Å². The number of nitrogens with one attached hydrogen (secondary N) is 1. The van der Waals surface area contributed by atoms with Crippen LogP contribution in [-0.2, 0) is 0 Å². The summed E-state index contributed by atoms with van der Waals surface area (Å²) >= 11 is 1.88.